The number of carbonyl (C=O) groups is 3. The van der Waals surface area contributed by atoms with E-state index < -0.39 is 11.7 Å². The second kappa shape index (κ2) is 11.5. The first-order valence-electron chi connectivity index (χ1n) is 13.1. The second-order valence-electron chi connectivity index (χ2n) is 10.7. The molecule has 0 saturated heterocycles. The number of benzene rings is 3. The van der Waals surface area contributed by atoms with E-state index in [0.717, 1.165) is 28.0 Å². The third kappa shape index (κ3) is 6.41. The fourth-order valence-electron chi connectivity index (χ4n) is 4.61. The van der Waals surface area contributed by atoms with Gasteiger partial charge in [0.1, 0.15) is 17.1 Å². The van der Waals surface area contributed by atoms with Gasteiger partial charge in [0, 0.05) is 40.2 Å². The topological polar surface area (TPSA) is 114 Å². The van der Waals surface area contributed by atoms with Crippen LogP contribution in [0.25, 0.3) is 21.6 Å². The Hall–Kier alpha value is -4.63. The first-order valence-corrected chi connectivity index (χ1v) is 14.0. The molecule has 0 aliphatic carbocycles. The summed E-state index contributed by atoms with van der Waals surface area (Å²) < 4.78 is 11.3. The van der Waals surface area contributed by atoms with Crippen molar-refractivity contribution in [3.63, 3.8) is 0 Å². The Morgan fingerprint density at radius 2 is 1.80 bits per heavy atom. The lowest BCUT2D eigenvalue weighted by molar-refractivity contribution is 0.0523. The highest BCUT2D eigenvalue weighted by atomic mass is 32.1. The standard InChI is InChI=1S/C32H30N2O6S/c1-32(2,3)40-31(38)33-17-19-4-6-22(7-5-19)34-30(37)26-15-27-28(39-12-10-20-11-13-41-29(20)27)16-25(26)24-9-8-23(36)14-21(24)18-35/h4-9,11,13-16,18,36H,10,12,17H2,1-3H3,(H,33,38)(H,34,37). The van der Waals surface area contributed by atoms with Gasteiger partial charge in [-0.1, -0.05) is 12.1 Å². The molecule has 5 rings (SSSR count). The zero-order chi connectivity index (χ0) is 29.1. The smallest absolute Gasteiger partial charge is 0.407 e. The third-order valence-electron chi connectivity index (χ3n) is 6.48. The van der Waals surface area contributed by atoms with Gasteiger partial charge >= 0.3 is 6.09 Å². The lowest BCUT2D eigenvalue weighted by atomic mass is 9.92. The van der Waals surface area contributed by atoms with Crippen molar-refractivity contribution in [3.8, 4) is 33.1 Å². The summed E-state index contributed by atoms with van der Waals surface area (Å²) in [5, 5.41) is 17.6. The Labute approximate surface area is 241 Å². The number of anilines is 1. The first kappa shape index (κ1) is 27.9. The van der Waals surface area contributed by atoms with Gasteiger partial charge in [0.2, 0.25) is 0 Å². The zero-order valence-corrected chi connectivity index (χ0v) is 23.8. The number of aromatic hydroxyl groups is 1. The normalized spacial score (nSPS) is 12.3. The lowest BCUT2D eigenvalue weighted by Gasteiger charge is -2.19. The first-order chi connectivity index (χ1) is 19.6. The number of hydrogen-bond acceptors (Lipinski definition) is 7. The van der Waals surface area contributed by atoms with E-state index in [-0.39, 0.29) is 23.8 Å². The summed E-state index contributed by atoms with van der Waals surface area (Å²) in [6.45, 7) is 6.16. The van der Waals surface area contributed by atoms with Crippen LogP contribution < -0.4 is 15.4 Å². The Morgan fingerprint density at radius 1 is 1.02 bits per heavy atom. The van der Waals surface area contributed by atoms with Gasteiger partial charge in [-0.05, 0) is 96.9 Å². The van der Waals surface area contributed by atoms with Crippen molar-refractivity contribution in [1.82, 2.24) is 5.32 Å². The van der Waals surface area contributed by atoms with Crippen LogP contribution in [0.4, 0.5) is 10.5 Å². The predicted molar refractivity (Wildman–Crippen MR) is 159 cm³/mol. The van der Waals surface area contributed by atoms with Gasteiger partial charge in [-0.2, -0.15) is 0 Å². The minimum absolute atomic E-state index is 0.0441. The van der Waals surface area contributed by atoms with Crippen LogP contribution in [0.3, 0.4) is 0 Å². The fourth-order valence-corrected chi connectivity index (χ4v) is 5.59. The molecule has 210 valence electrons. The molecule has 1 aliphatic rings. The van der Waals surface area contributed by atoms with Crippen LogP contribution in [-0.2, 0) is 17.7 Å². The second-order valence-corrected chi connectivity index (χ2v) is 11.6. The van der Waals surface area contributed by atoms with E-state index >= 15 is 0 Å². The van der Waals surface area contributed by atoms with E-state index in [1.807, 2.05) is 5.38 Å². The molecule has 0 bridgehead atoms. The Morgan fingerprint density at radius 3 is 2.54 bits per heavy atom. The molecule has 2 amide bonds. The van der Waals surface area contributed by atoms with Crippen molar-refractivity contribution in [2.45, 2.75) is 39.3 Å². The van der Waals surface area contributed by atoms with Gasteiger partial charge in [0.15, 0.2) is 6.29 Å². The molecule has 41 heavy (non-hydrogen) atoms. The van der Waals surface area contributed by atoms with Gasteiger partial charge in [-0.25, -0.2) is 4.79 Å². The Kier molecular flexibility index (Phi) is 7.81. The van der Waals surface area contributed by atoms with Gasteiger partial charge in [0.05, 0.1) is 6.61 Å². The molecule has 0 unspecified atom stereocenters. The number of alkyl carbamates (subject to hydrolysis) is 1. The highest BCUT2D eigenvalue weighted by Gasteiger charge is 2.24. The van der Waals surface area contributed by atoms with Crippen molar-refractivity contribution in [1.29, 1.82) is 0 Å². The number of ether oxygens (including phenoxy) is 2. The van der Waals surface area contributed by atoms with Crippen molar-refractivity contribution < 1.29 is 29.0 Å². The number of carbonyl (C=O) groups excluding carboxylic acids is 3. The SMILES string of the molecule is CC(C)(C)OC(=O)NCc1ccc(NC(=O)c2cc3c(cc2-c2ccc(O)cc2C=O)OCCc2ccsc2-3)cc1. The van der Waals surface area contributed by atoms with Crippen LogP contribution >= 0.6 is 11.3 Å². The van der Waals surface area contributed by atoms with E-state index in [1.54, 1.807) is 74.6 Å². The quantitative estimate of drug-likeness (QED) is 0.219. The molecule has 3 N–H and O–H groups in total. The number of nitrogens with one attached hydrogen (secondary N) is 2. The summed E-state index contributed by atoms with van der Waals surface area (Å²) in [5.74, 6) is 0.219. The van der Waals surface area contributed by atoms with Crippen LogP contribution in [0.1, 0.15) is 52.6 Å². The van der Waals surface area contributed by atoms with E-state index in [2.05, 4.69) is 16.7 Å². The monoisotopic (exact) mass is 570 g/mol. The fraction of sp³-hybridized carbons (Fsp3) is 0.219. The maximum atomic E-state index is 13.8. The van der Waals surface area contributed by atoms with Crippen molar-refractivity contribution in [2.75, 3.05) is 11.9 Å². The van der Waals surface area contributed by atoms with Crippen LogP contribution in [0, 0.1) is 0 Å². The number of thiophene rings is 1. The highest BCUT2D eigenvalue weighted by molar-refractivity contribution is 7.13. The van der Waals surface area contributed by atoms with E-state index in [4.69, 9.17) is 9.47 Å². The van der Waals surface area contributed by atoms with E-state index in [9.17, 15) is 19.5 Å². The molecule has 3 aromatic carbocycles. The molecule has 1 aromatic heterocycles. The van der Waals surface area contributed by atoms with Crippen LogP contribution in [0.5, 0.6) is 11.5 Å². The third-order valence-corrected chi connectivity index (χ3v) is 7.47. The van der Waals surface area contributed by atoms with Gasteiger partial charge in [0.25, 0.3) is 5.91 Å². The van der Waals surface area contributed by atoms with Gasteiger partial charge in [-0.15, -0.1) is 11.3 Å². The lowest BCUT2D eigenvalue weighted by Crippen LogP contribution is -2.32. The molecule has 0 fully saturated rings. The molecule has 0 spiro atoms. The van der Waals surface area contributed by atoms with Gasteiger partial charge < -0.3 is 25.2 Å². The van der Waals surface area contributed by atoms with E-state index in [1.165, 1.54) is 12.1 Å². The van der Waals surface area contributed by atoms with E-state index in [0.29, 0.717) is 41.0 Å². The van der Waals surface area contributed by atoms with Crippen LogP contribution in [-0.4, -0.2) is 35.6 Å². The summed E-state index contributed by atoms with van der Waals surface area (Å²) in [5.41, 5.74) is 4.42. The summed E-state index contributed by atoms with van der Waals surface area (Å²) >= 11 is 1.59. The molecule has 1 aliphatic heterocycles. The summed E-state index contributed by atoms with van der Waals surface area (Å²) in [7, 11) is 0. The van der Waals surface area contributed by atoms with Crippen LogP contribution in [0.15, 0.2) is 66.0 Å². The predicted octanol–water partition coefficient (Wildman–Crippen LogP) is 6.81. The van der Waals surface area contributed by atoms with Crippen LogP contribution in [0.2, 0.25) is 0 Å². The molecular formula is C32H30N2O6S. The molecule has 8 nitrogen and oxygen atoms in total. The summed E-state index contributed by atoms with van der Waals surface area (Å²) in [4.78, 5) is 38.7. The van der Waals surface area contributed by atoms with Gasteiger partial charge in [-0.3, -0.25) is 9.59 Å². The minimum atomic E-state index is -0.587. The summed E-state index contributed by atoms with van der Waals surface area (Å²) in [6, 6.07) is 17.3. The zero-order valence-electron chi connectivity index (χ0n) is 22.9. The molecule has 9 heteroatoms. The largest absolute Gasteiger partial charge is 0.508 e. The number of fused-ring (bicyclic) bond motifs is 3. The Balaban J connectivity index is 1.46. The molecule has 0 atom stereocenters. The number of rotatable bonds is 6. The Bertz CT molecular complexity index is 1620. The average molecular weight is 571 g/mol. The van der Waals surface area contributed by atoms with Crippen molar-refractivity contribution in [3.05, 3.63) is 88.3 Å². The number of aldehydes is 1. The number of phenols is 1. The maximum Gasteiger partial charge on any atom is 0.407 e. The molecule has 0 radical (unpaired) electrons. The van der Waals surface area contributed by atoms with Crippen molar-refractivity contribution >= 4 is 35.3 Å². The molecular weight excluding hydrogens is 540 g/mol. The minimum Gasteiger partial charge on any atom is -0.508 e. The average Bonchev–Trinajstić information content (AvgIpc) is 3.32. The van der Waals surface area contributed by atoms with Crippen molar-refractivity contribution in [2.24, 2.45) is 0 Å². The molecule has 2 heterocycles. The number of phenolic OH excluding ortho intramolecular Hbond substituents is 1. The summed E-state index contributed by atoms with van der Waals surface area (Å²) in [6.07, 6.45) is 0.899. The number of hydrogen-bond donors (Lipinski definition) is 3. The maximum absolute atomic E-state index is 13.8. The molecule has 4 aromatic rings. The molecule has 0 saturated carbocycles. The highest BCUT2D eigenvalue weighted by Crippen LogP contribution is 2.43. The number of amides is 2.